The fourth-order valence-corrected chi connectivity index (χ4v) is 2.58. The second-order valence-corrected chi connectivity index (χ2v) is 4.97. The molecule has 2 atom stereocenters. The molecule has 0 aliphatic carbocycles. The molecule has 2 N–H and O–H groups in total. The maximum absolute atomic E-state index is 12.3. The van der Waals surface area contributed by atoms with Crippen molar-refractivity contribution in [1.82, 2.24) is 14.8 Å². The number of hydrogen-bond acceptors (Lipinski definition) is 4. The van der Waals surface area contributed by atoms with Gasteiger partial charge in [-0.1, -0.05) is 6.07 Å². The van der Waals surface area contributed by atoms with Crippen LogP contribution in [0.5, 0.6) is 0 Å². The Bertz CT molecular complexity index is 489. The summed E-state index contributed by atoms with van der Waals surface area (Å²) in [6.07, 6.45) is 3.36. The van der Waals surface area contributed by atoms with Gasteiger partial charge in [-0.2, -0.15) is 0 Å². The van der Waals surface area contributed by atoms with Gasteiger partial charge in [0, 0.05) is 38.1 Å². The van der Waals surface area contributed by atoms with Crippen LogP contribution in [-0.4, -0.2) is 52.3 Å². The summed E-state index contributed by atoms with van der Waals surface area (Å²) in [5.74, 6) is -0.933. The number of likely N-dealkylation sites (N-methyl/N-ethyl adjacent to an activating group) is 1. The second-order valence-electron chi connectivity index (χ2n) is 4.97. The van der Waals surface area contributed by atoms with Gasteiger partial charge in [-0.15, -0.1) is 0 Å². The summed E-state index contributed by atoms with van der Waals surface area (Å²) >= 11 is 0. The summed E-state index contributed by atoms with van der Waals surface area (Å²) in [7, 11) is 0. The van der Waals surface area contributed by atoms with Gasteiger partial charge in [0.15, 0.2) is 0 Å². The third-order valence-electron chi connectivity index (χ3n) is 3.58. The first kappa shape index (κ1) is 14.5. The number of carbonyl (C=O) groups is 2. The normalized spacial score (nSPS) is 19.1. The number of amides is 2. The van der Waals surface area contributed by atoms with E-state index in [1.165, 1.54) is 0 Å². The Morgan fingerprint density at radius 3 is 2.65 bits per heavy atom. The van der Waals surface area contributed by atoms with Crippen LogP contribution in [0.4, 0.5) is 0 Å². The van der Waals surface area contributed by atoms with Crippen molar-refractivity contribution in [2.24, 2.45) is 5.73 Å². The molecular formula is C14H20N4O2. The Kier molecular flexibility index (Phi) is 4.34. The first-order valence-electron chi connectivity index (χ1n) is 6.81. The molecule has 1 aliphatic heterocycles. The van der Waals surface area contributed by atoms with Crippen LogP contribution < -0.4 is 5.73 Å². The van der Waals surface area contributed by atoms with Crippen molar-refractivity contribution in [3.05, 3.63) is 30.1 Å². The highest BCUT2D eigenvalue weighted by atomic mass is 16.2. The van der Waals surface area contributed by atoms with Gasteiger partial charge < -0.3 is 15.5 Å². The van der Waals surface area contributed by atoms with Gasteiger partial charge in [0.25, 0.3) is 0 Å². The number of hydrogen-bond donors (Lipinski definition) is 1. The SMILES string of the molecule is CCN1CCN(C(c2cccnc2)C(C)N)C(=O)C1=O. The van der Waals surface area contributed by atoms with E-state index in [2.05, 4.69) is 4.98 Å². The highest BCUT2D eigenvalue weighted by molar-refractivity contribution is 6.35. The summed E-state index contributed by atoms with van der Waals surface area (Å²) in [6, 6.07) is 3.09. The minimum absolute atomic E-state index is 0.274. The van der Waals surface area contributed by atoms with E-state index in [4.69, 9.17) is 5.73 Å². The standard InChI is InChI=1S/C14H20N4O2/c1-3-17-7-8-18(14(20)13(17)19)12(10(2)15)11-5-4-6-16-9-11/h4-6,9-10,12H,3,7-8,15H2,1-2H3. The van der Waals surface area contributed by atoms with E-state index in [1.54, 1.807) is 28.3 Å². The molecule has 0 radical (unpaired) electrons. The maximum atomic E-state index is 12.3. The smallest absolute Gasteiger partial charge is 0.312 e. The molecular weight excluding hydrogens is 256 g/mol. The van der Waals surface area contributed by atoms with Crippen LogP contribution in [0.1, 0.15) is 25.5 Å². The van der Waals surface area contributed by atoms with Crippen LogP contribution in [0, 0.1) is 0 Å². The van der Waals surface area contributed by atoms with Crippen molar-refractivity contribution in [3.63, 3.8) is 0 Å². The molecule has 2 amide bonds. The number of piperazine rings is 1. The van der Waals surface area contributed by atoms with Crippen molar-refractivity contribution in [1.29, 1.82) is 0 Å². The van der Waals surface area contributed by atoms with Crippen molar-refractivity contribution >= 4 is 11.8 Å². The Balaban J connectivity index is 2.28. The van der Waals surface area contributed by atoms with Crippen LogP contribution in [0.25, 0.3) is 0 Å². The van der Waals surface area contributed by atoms with Gasteiger partial charge in [-0.25, -0.2) is 0 Å². The lowest BCUT2D eigenvalue weighted by Gasteiger charge is -2.39. The summed E-state index contributed by atoms with van der Waals surface area (Å²) in [5.41, 5.74) is 6.88. The average molecular weight is 276 g/mol. The van der Waals surface area contributed by atoms with E-state index in [0.717, 1.165) is 5.56 Å². The van der Waals surface area contributed by atoms with Crippen LogP contribution >= 0.6 is 0 Å². The van der Waals surface area contributed by atoms with E-state index in [1.807, 2.05) is 19.9 Å². The van der Waals surface area contributed by atoms with Crippen LogP contribution in [0.3, 0.4) is 0 Å². The van der Waals surface area contributed by atoms with Crippen LogP contribution in [0.2, 0.25) is 0 Å². The minimum Gasteiger partial charge on any atom is -0.333 e. The number of nitrogens with two attached hydrogens (primary N) is 1. The predicted molar refractivity (Wildman–Crippen MR) is 74.6 cm³/mol. The highest BCUT2D eigenvalue weighted by Gasteiger charge is 2.37. The minimum atomic E-state index is -0.482. The third-order valence-corrected chi connectivity index (χ3v) is 3.58. The Morgan fingerprint density at radius 2 is 2.10 bits per heavy atom. The highest BCUT2D eigenvalue weighted by Crippen LogP contribution is 2.25. The topological polar surface area (TPSA) is 79.5 Å². The first-order valence-corrected chi connectivity index (χ1v) is 6.81. The monoisotopic (exact) mass is 276 g/mol. The van der Waals surface area contributed by atoms with Crippen molar-refractivity contribution < 1.29 is 9.59 Å². The predicted octanol–water partition coefficient (Wildman–Crippen LogP) is 0.161. The maximum Gasteiger partial charge on any atom is 0.312 e. The van der Waals surface area contributed by atoms with Gasteiger partial charge in [-0.05, 0) is 25.5 Å². The quantitative estimate of drug-likeness (QED) is 0.795. The zero-order chi connectivity index (χ0) is 14.7. The summed E-state index contributed by atoms with van der Waals surface area (Å²) in [5, 5.41) is 0. The molecule has 108 valence electrons. The molecule has 2 unspecified atom stereocenters. The Morgan fingerprint density at radius 1 is 1.35 bits per heavy atom. The van der Waals surface area contributed by atoms with E-state index in [9.17, 15) is 9.59 Å². The van der Waals surface area contributed by atoms with Gasteiger partial charge in [0.2, 0.25) is 0 Å². The molecule has 1 aromatic rings. The Hall–Kier alpha value is -1.95. The van der Waals surface area contributed by atoms with Crippen LogP contribution in [0.15, 0.2) is 24.5 Å². The van der Waals surface area contributed by atoms with E-state index < -0.39 is 11.8 Å². The lowest BCUT2D eigenvalue weighted by atomic mass is 9.99. The average Bonchev–Trinajstić information content (AvgIpc) is 2.45. The molecule has 1 aromatic heterocycles. The molecule has 2 rings (SSSR count). The molecule has 0 spiro atoms. The number of aromatic nitrogens is 1. The van der Waals surface area contributed by atoms with Gasteiger partial charge in [-0.3, -0.25) is 14.6 Å². The van der Waals surface area contributed by atoms with Gasteiger partial charge >= 0.3 is 11.8 Å². The Labute approximate surface area is 118 Å². The molecule has 0 saturated carbocycles. The molecule has 0 aromatic carbocycles. The number of pyridine rings is 1. The lowest BCUT2D eigenvalue weighted by molar-refractivity contribution is -0.158. The number of nitrogens with zero attached hydrogens (tertiary/aromatic N) is 3. The van der Waals surface area contributed by atoms with Crippen molar-refractivity contribution in [3.8, 4) is 0 Å². The summed E-state index contributed by atoms with van der Waals surface area (Å²) in [6.45, 7) is 5.30. The zero-order valence-electron chi connectivity index (χ0n) is 11.8. The summed E-state index contributed by atoms with van der Waals surface area (Å²) < 4.78 is 0. The lowest BCUT2D eigenvalue weighted by Crippen LogP contribution is -2.57. The molecule has 20 heavy (non-hydrogen) atoms. The van der Waals surface area contributed by atoms with Crippen LogP contribution in [-0.2, 0) is 9.59 Å². The van der Waals surface area contributed by atoms with Crippen molar-refractivity contribution in [2.45, 2.75) is 25.9 Å². The first-order chi connectivity index (χ1) is 9.56. The summed E-state index contributed by atoms with van der Waals surface area (Å²) in [4.78, 5) is 31.5. The molecule has 6 nitrogen and oxygen atoms in total. The van der Waals surface area contributed by atoms with Crippen molar-refractivity contribution in [2.75, 3.05) is 19.6 Å². The molecule has 1 fully saturated rings. The van der Waals surface area contributed by atoms with E-state index in [-0.39, 0.29) is 12.1 Å². The molecule has 1 aliphatic rings. The molecule has 6 heteroatoms. The zero-order valence-corrected chi connectivity index (χ0v) is 11.8. The van der Waals surface area contributed by atoms with Gasteiger partial charge in [0.05, 0.1) is 6.04 Å². The fraction of sp³-hybridized carbons (Fsp3) is 0.500. The third kappa shape index (κ3) is 2.65. The molecule has 0 bridgehead atoms. The number of carbonyl (C=O) groups excluding carboxylic acids is 2. The molecule has 2 heterocycles. The number of rotatable bonds is 4. The van der Waals surface area contributed by atoms with Gasteiger partial charge in [0.1, 0.15) is 0 Å². The molecule has 1 saturated heterocycles. The van der Waals surface area contributed by atoms with E-state index in [0.29, 0.717) is 19.6 Å². The second kappa shape index (κ2) is 6.00. The fourth-order valence-electron chi connectivity index (χ4n) is 2.58. The largest absolute Gasteiger partial charge is 0.333 e. The van der Waals surface area contributed by atoms with E-state index >= 15 is 0 Å².